The number of benzene rings is 2. The van der Waals surface area contributed by atoms with Crippen LogP contribution in [0.1, 0.15) is 6.92 Å². The lowest BCUT2D eigenvalue weighted by atomic mass is 10.3. The second kappa shape index (κ2) is 9.01. The largest absolute Gasteiger partial charge is 0.486 e. The molecule has 1 N–H and O–H groups in total. The molecular weight excluding hydrogens is 390 g/mol. The number of fused-ring (bicyclic) bond motifs is 1. The van der Waals surface area contributed by atoms with Crippen LogP contribution in [0.2, 0.25) is 5.02 Å². The molecule has 0 unspecified atom stereocenters. The Morgan fingerprint density at radius 1 is 1.19 bits per heavy atom. The van der Waals surface area contributed by atoms with Crippen molar-refractivity contribution in [2.75, 3.05) is 24.3 Å². The zero-order chi connectivity index (χ0) is 19.2. The van der Waals surface area contributed by atoms with Crippen molar-refractivity contribution in [1.29, 1.82) is 0 Å². The highest BCUT2D eigenvalue weighted by Crippen LogP contribution is 2.34. The minimum Gasteiger partial charge on any atom is -0.486 e. The van der Waals surface area contributed by atoms with Crippen molar-refractivity contribution < 1.29 is 23.8 Å². The van der Waals surface area contributed by atoms with Gasteiger partial charge in [0.1, 0.15) is 13.2 Å². The Hall–Kier alpha value is -2.38. The van der Waals surface area contributed by atoms with E-state index in [9.17, 15) is 9.59 Å². The van der Waals surface area contributed by atoms with Gasteiger partial charge in [0.2, 0.25) is 0 Å². The number of thioether (sulfide) groups is 1. The molecule has 0 saturated heterocycles. The van der Waals surface area contributed by atoms with Crippen LogP contribution in [-0.4, -0.2) is 36.9 Å². The van der Waals surface area contributed by atoms with Crippen molar-refractivity contribution in [3.63, 3.8) is 0 Å². The highest BCUT2D eigenvalue weighted by Gasteiger charge is 2.19. The molecular formula is C19H18ClNO5S. The molecule has 8 heteroatoms. The normalized spacial score (nSPS) is 13.6. The molecule has 6 nitrogen and oxygen atoms in total. The van der Waals surface area contributed by atoms with Crippen LogP contribution >= 0.6 is 23.4 Å². The standard InChI is InChI=1S/C19H18ClNO5S/c1-12(19(23)21-14-4-2-3-13(20)9-14)26-18(22)11-27-15-5-6-16-17(10-15)25-8-7-24-16/h2-6,9-10,12H,7-8,11H2,1H3,(H,21,23)/t12-/m0/s1. The molecule has 0 saturated carbocycles. The van der Waals surface area contributed by atoms with Gasteiger partial charge in [0, 0.05) is 15.6 Å². The first kappa shape index (κ1) is 19.4. The smallest absolute Gasteiger partial charge is 0.317 e. The van der Waals surface area contributed by atoms with Crippen molar-refractivity contribution in [1.82, 2.24) is 0 Å². The Kier molecular flexibility index (Phi) is 6.47. The molecule has 1 atom stereocenters. The summed E-state index contributed by atoms with van der Waals surface area (Å²) in [6.45, 7) is 2.55. The summed E-state index contributed by atoms with van der Waals surface area (Å²) in [5.41, 5.74) is 0.543. The number of carbonyl (C=O) groups excluding carboxylic acids is 2. The van der Waals surface area contributed by atoms with Crippen LogP contribution in [0.15, 0.2) is 47.4 Å². The number of anilines is 1. The van der Waals surface area contributed by atoms with Gasteiger partial charge < -0.3 is 19.5 Å². The average Bonchev–Trinajstić information content (AvgIpc) is 2.66. The Morgan fingerprint density at radius 2 is 1.96 bits per heavy atom. The summed E-state index contributed by atoms with van der Waals surface area (Å²) in [6, 6.07) is 12.2. The SMILES string of the molecule is C[C@H](OC(=O)CSc1ccc2c(c1)OCCO2)C(=O)Nc1cccc(Cl)c1. The second-order valence-corrected chi connectivity index (χ2v) is 7.21. The van der Waals surface area contributed by atoms with Crippen LogP contribution in [0, 0.1) is 0 Å². The number of hydrogen-bond acceptors (Lipinski definition) is 6. The molecule has 1 heterocycles. The average molecular weight is 408 g/mol. The molecule has 0 radical (unpaired) electrons. The second-order valence-electron chi connectivity index (χ2n) is 5.73. The molecule has 1 amide bonds. The summed E-state index contributed by atoms with van der Waals surface area (Å²) in [5.74, 6) is 0.529. The van der Waals surface area contributed by atoms with Gasteiger partial charge >= 0.3 is 5.97 Å². The maximum atomic E-state index is 12.1. The van der Waals surface area contributed by atoms with Crippen LogP contribution in [0.4, 0.5) is 5.69 Å². The Morgan fingerprint density at radius 3 is 2.74 bits per heavy atom. The minimum absolute atomic E-state index is 0.0778. The first-order valence-corrected chi connectivity index (χ1v) is 9.66. The van der Waals surface area contributed by atoms with E-state index >= 15 is 0 Å². The summed E-state index contributed by atoms with van der Waals surface area (Å²) in [7, 11) is 0. The number of rotatable bonds is 6. The van der Waals surface area contributed by atoms with Crippen molar-refractivity contribution >= 4 is 40.9 Å². The first-order chi connectivity index (χ1) is 13.0. The maximum absolute atomic E-state index is 12.1. The van der Waals surface area contributed by atoms with Gasteiger partial charge in [-0.25, -0.2) is 0 Å². The molecule has 27 heavy (non-hydrogen) atoms. The van der Waals surface area contributed by atoms with E-state index in [0.29, 0.717) is 35.4 Å². The van der Waals surface area contributed by atoms with E-state index in [1.807, 2.05) is 18.2 Å². The van der Waals surface area contributed by atoms with E-state index in [1.165, 1.54) is 18.7 Å². The number of amides is 1. The monoisotopic (exact) mass is 407 g/mol. The van der Waals surface area contributed by atoms with Gasteiger partial charge in [-0.1, -0.05) is 17.7 Å². The van der Waals surface area contributed by atoms with E-state index in [-0.39, 0.29) is 5.75 Å². The third-order valence-corrected chi connectivity index (χ3v) is 4.84. The van der Waals surface area contributed by atoms with E-state index in [1.54, 1.807) is 24.3 Å². The zero-order valence-corrected chi connectivity index (χ0v) is 16.1. The number of ether oxygens (including phenoxy) is 3. The van der Waals surface area contributed by atoms with E-state index in [0.717, 1.165) is 4.90 Å². The molecule has 0 spiro atoms. The number of carbonyl (C=O) groups is 2. The highest BCUT2D eigenvalue weighted by molar-refractivity contribution is 8.00. The molecule has 2 aromatic carbocycles. The van der Waals surface area contributed by atoms with Crippen molar-refractivity contribution in [3.8, 4) is 11.5 Å². The first-order valence-electron chi connectivity index (χ1n) is 8.29. The van der Waals surface area contributed by atoms with E-state index in [4.69, 9.17) is 25.8 Å². The lowest BCUT2D eigenvalue weighted by Gasteiger charge is -2.18. The molecule has 2 aromatic rings. The van der Waals surface area contributed by atoms with Gasteiger partial charge in [0.05, 0.1) is 5.75 Å². The number of esters is 1. The lowest BCUT2D eigenvalue weighted by Crippen LogP contribution is -2.30. The van der Waals surface area contributed by atoms with Gasteiger partial charge in [-0.3, -0.25) is 9.59 Å². The van der Waals surface area contributed by atoms with Gasteiger partial charge in [-0.2, -0.15) is 0 Å². The number of halogens is 1. The third kappa shape index (κ3) is 5.55. The highest BCUT2D eigenvalue weighted by atomic mass is 35.5. The predicted octanol–water partition coefficient (Wildman–Crippen LogP) is 3.77. The van der Waals surface area contributed by atoms with Crippen LogP contribution in [0.5, 0.6) is 11.5 Å². The van der Waals surface area contributed by atoms with Gasteiger partial charge in [-0.05, 0) is 43.3 Å². The Labute approximate surface area is 166 Å². The Balaban J connectivity index is 1.47. The van der Waals surface area contributed by atoms with E-state index < -0.39 is 18.0 Å². The molecule has 3 rings (SSSR count). The molecule has 0 aromatic heterocycles. The number of nitrogens with one attached hydrogen (secondary N) is 1. The molecule has 1 aliphatic rings. The van der Waals surface area contributed by atoms with E-state index in [2.05, 4.69) is 5.32 Å². The fourth-order valence-electron chi connectivity index (χ4n) is 2.35. The van der Waals surface area contributed by atoms with Crippen LogP contribution in [-0.2, 0) is 14.3 Å². The third-order valence-electron chi connectivity index (χ3n) is 3.64. The van der Waals surface area contributed by atoms with Crippen molar-refractivity contribution in [3.05, 3.63) is 47.5 Å². The maximum Gasteiger partial charge on any atom is 0.317 e. The van der Waals surface area contributed by atoms with Crippen LogP contribution in [0.25, 0.3) is 0 Å². The summed E-state index contributed by atoms with van der Waals surface area (Å²) in [5, 5.41) is 3.17. The van der Waals surface area contributed by atoms with Gasteiger partial charge in [0.25, 0.3) is 5.91 Å². The van der Waals surface area contributed by atoms with Crippen LogP contribution < -0.4 is 14.8 Å². The quantitative estimate of drug-likeness (QED) is 0.580. The molecule has 0 fully saturated rings. The number of hydrogen-bond donors (Lipinski definition) is 1. The van der Waals surface area contributed by atoms with Gasteiger partial charge in [0.15, 0.2) is 17.6 Å². The van der Waals surface area contributed by atoms with Crippen molar-refractivity contribution in [2.24, 2.45) is 0 Å². The summed E-state index contributed by atoms with van der Waals surface area (Å²) in [4.78, 5) is 25.0. The molecule has 0 aliphatic carbocycles. The fourth-order valence-corrected chi connectivity index (χ4v) is 3.25. The fraction of sp³-hybridized carbons (Fsp3) is 0.263. The molecule has 142 valence electrons. The van der Waals surface area contributed by atoms with Crippen LogP contribution in [0.3, 0.4) is 0 Å². The van der Waals surface area contributed by atoms with Gasteiger partial charge in [-0.15, -0.1) is 11.8 Å². The van der Waals surface area contributed by atoms with Crippen molar-refractivity contribution in [2.45, 2.75) is 17.9 Å². The molecule has 1 aliphatic heterocycles. The summed E-state index contributed by atoms with van der Waals surface area (Å²) in [6.07, 6.45) is -0.919. The lowest BCUT2D eigenvalue weighted by molar-refractivity contribution is -0.150. The summed E-state index contributed by atoms with van der Waals surface area (Å²) >= 11 is 7.18. The Bertz CT molecular complexity index is 845. The predicted molar refractivity (Wildman–Crippen MR) is 104 cm³/mol. The topological polar surface area (TPSA) is 73.9 Å². The molecule has 0 bridgehead atoms. The summed E-state index contributed by atoms with van der Waals surface area (Å²) < 4.78 is 16.2. The zero-order valence-electron chi connectivity index (χ0n) is 14.6. The minimum atomic E-state index is -0.919.